The van der Waals surface area contributed by atoms with Crippen molar-refractivity contribution in [2.45, 2.75) is 39.3 Å². The van der Waals surface area contributed by atoms with E-state index in [4.69, 9.17) is 21.1 Å². The van der Waals surface area contributed by atoms with Crippen molar-refractivity contribution >= 4 is 17.5 Å². The number of carbonyl (C=O) groups is 1. The predicted molar refractivity (Wildman–Crippen MR) is 100 cm³/mol. The second-order valence-corrected chi connectivity index (χ2v) is 6.39. The van der Waals surface area contributed by atoms with Crippen molar-refractivity contribution in [2.24, 2.45) is 0 Å². The van der Waals surface area contributed by atoms with Gasteiger partial charge in [0.05, 0.1) is 11.1 Å². The highest BCUT2D eigenvalue weighted by Crippen LogP contribution is 2.24. The highest BCUT2D eigenvalue weighted by molar-refractivity contribution is 6.32. The van der Waals surface area contributed by atoms with Crippen molar-refractivity contribution in [3.63, 3.8) is 0 Å². The zero-order chi connectivity index (χ0) is 18.2. The Kier molecular flexibility index (Phi) is 7.14. The van der Waals surface area contributed by atoms with E-state index in [9.17, 15) is 4.79 Å². The van der Waals surface area contributed by atoms with Gasteiger partial charge in [-0.2, -0.15) is 0 Å². The molecule has 2 atom stereocenters. The SMILES string of the molecule is CC[C@@H](Oc1ccccc1Cl)C(=O)N[C@H](C)COc1ccc(C)cc1. The molecular weight excluding hydrogens is 338 g/mol. The monoisotopic (exact) mass is 361 g/mol. The first-order valence-corrected chi connectivity index (χ1v) is 8.78. The van der Waals surface area contributed by atoms with Gasteiger partial charge in [-0.15, -0.1) is 0 Å². The van der Waals surface area contributed by atoms with Crippen molar-refractivity contribution in [1.82, 2.24) is 5.32 Å². The molecule has 0 radical (unpaired) electrons. The van der Waals surface area contributed by atoms with E-state index in [0.717, 1.165) is 5.75 Å². The molecule has 0 spiro atoms. The fourth-order valence-corrected chi connectivity index (χ4v) is 2.43. The van der Waals surface area contributed by atoms with Gasteiger partial charge >= 0.3 is 0 Å². The van der Waals surface area contributed by atoms with Crippen molar-refractivity contribution in [3.8, 4) is 11.5 Å². The summed E-state index contributed by atoms with van der Waals surface area (Å²) >= 11 is 6.09. The highest BCUT2D eigenvalue weighted by Gasteiger charge is 2.21. The summed E-state index contributed by atoms with van der Waals surface area (Å²) in [5.41, 5.74) is 1.18. The number of para-hydroxylation sites is 1. The lowest BCUT2D eigenvalue weighted by Gasteiger charge is -2.21. The Labute approximate surface area is 154 Å². The molecule has 1 amide bonds. The molecule has 0 fully saturated rings. The van der Waals surface area contributed by atoms with Crippen LogP contribution >= 0.6 is 11.6 Å². The molecule has 0 bridgehead atoms. The predicted octanol–water partition coefficient (Wildman–Crippen LogP) is 4.39. The Bertz CT molecular complexity index is 688. The molecule has 0 aromatic heterocycles. The number of ether oxygens (including phenoxy) is 2. The molecule has 0 aliphatic heterocycles. The van der Waals surface area contributed by atoms with Gasteiger partial charge in [-0.25, -0.2) is 0 Å². The number of benzene rings is 2. The second kappa shape index (κ2) is 9.33. The van der Waals surface area contributed by atoms with Crippen LogP contribution in [0.1, 0.15) is 25.8 Å². The molecule has 1 N–H and O–H groups in total. The molecule has 2 rings (SSSR count). The maximum Gasteiger partial charge on any atom is 0.261 e. The summed E-state index contributed by atoms with van der Waals surface area (Å²) < 4.78 is 11.4. The van der Waals surface area contributed by atoms with E-state index in [2.05, 4.69) is 5.32 Å². The van der Waals surface area contributed by atoms with Crippen LogP contribution in [0.3, 0.4) is 0 Å². The summed E-state index contributed by atoms with van der Waals surface area (Å²) in [5.74, 6) is 1.11. The van der Waals surface area contributed by atoms with Crippen LogP contribution in [-0.4, -0.2) is 24.7 Å². The van der Waals surface area contributed by atoms with Gasteiger partial charge in [-0.05, 0) is 44.5 Å². The van der Waals surface area contributed by atoms with E-state index in [1.165, 1.54) is 5.56 Å². The molecule has 25 heavy (non-hydrogen) atoms. The molecular formula is C20H24ClNO3. The molecule has 5 heteroatoms. The van der Waals surface area contributed by atoms with Crippen LogP contribution in [0, 0.1) is 6.92 Å². The summed E-state index contributed by atoms with van der Waals surface area (Å²) in [6.45, 7) is 6.21. The summed E-state index contributed by atoms with van der Waals surface area (Å²) in [4.78, 5) is 12.4. The van der Waals surface area contributed by atoms with Crippen LogP contribution in [-0.2, 0) is 4.79 Å². The number of rotatable bonds is 8. The molecule has 0 saturated carbocycles. The smallest absolute Gasteiger partial charge is 0.261 e. The van der Waals surface area contributed by atoms with E-state index in [1.54, 1.807) is 12.1 Å². The highest BCUT2D eigenvalue weighted by atomic mass is 35.5. The average molecular weight is 362 g/mol. The van der Waals surface area contributed by atoms with E-state index < -0.39 is 6.10 Å². The third-order valence-electron chi connectivity index (χ3n) is 3.68. The first-order chi connectivity index (χ1) is 12.0. The Balaban J connectivity index is 1.85. The molecule has 0 unspecified atom stereocenters. The quantitative estimate of drug-likeness (QED) is 0.758. The fraction of sp³-hybridized carbons (Fsp3) is 0.350. The maximum atomic E-state index is 12.4. The Morgan fingerprint density at radius 3 is 2.48 bits per heavy atom. The summed E-state index contributed by atoms with van der Waals surface area (Å²) in [6, 6.07) is 14.8. The van der Waals surface area contributed by atoms with Crippen molar-refractivity contribution < 1.29 is 14.3 Å². The van der Waals surface area contributed by atoms with Gasteiger partial charge < -0.3 is 14.8 Å². The van der Waals surface area contributed by atoms with Gasteiger partial charge in [0.2, 0.25) is 0 Å². The minimum absolute atomic E-state index is 0.141. The average Bonchev–Trinajstić information content (AvgIpc) is 2.60. The van der Waals surface area contributed by atoms with E-state index in [1.807, 2.05) is 57.2 Å². The molecule has 0 heterocycles. The number of amides is 1. The normalized spacial score (nSPS) is 13.0. The minimum Gasteiger partial charge on any atom is -0.491 e. The summed E-state index contributed by atoms with van der Waals surface area (Å²) in [6.07, 6.45) is -0.0514. The van der Waals surface area contributed by atoms with Gasteiger partial charge in [-0.3, -0.25) is 4.79 Å². The van der Waals surface area contributed by atoms with Crippen molar-refractivity contribution in [3.05, 3.63) is 59.1 Å². The fourth-order valence-electron chi connectivity index (χ4n) is 2.25. The maximum absolute atomic E-state index is 12.4. The van der Waals surface area contributed by atoms with E-state index in [-0.39, 0.29) is 11.9 Å². The third kappa shape index (κ3) is 5.98. The van der Waals surface area contributed by atoms with E-state index in [0.29, 0.717) is 23.8 Å². The molecule has 4 nitrogen and oxygen atoms in total. The number of hydrogen-bond acceptors (Lipinski definition) is 3. The van der Waals surface area contributed by atoms with E-state index >= 15 is 0 Å². The summed E-state index contributed by atoms with van der Waals surface area (Å²) in [5, 5.41) is 3.41. The number of carbonyl (C=O) groups excluding carboxylic acids is 1. The number of aryl methyl sites for hydroxylation is 1. The third-order valence-corrected chi connectivity index (χ3v) is 3.99. The van der Waals surface area contributed by atoms with Gasteiger partial charge in [0, 0.05) is 0 Å². The van der Waals surface area contributed by atoms with Crippen LogP contribution in [0.2, 0.25) is 5.02 Å². The lowest BCUT2D eigenvalue weighted by molar-refractivity contribution is -0.128. The summed E-state index contributed by atoms with van der Waals surface area (Å²) in [7, 11) is 0. The Morgan fingerprint density at radius 1 is 1.16 bits per heavy atom. The van der Waals surface area contributed by atoms with Crippen molar-refractivity contribution in [1.29, 1.82) is 0 Å². The van der Waals surface area contributed by atoms with Gasteiger partial charge in [0.15, 0.2) is 6.10 Å². The minimum atomic E-state index is -0.596. The number of halogens is 1. The lowest BCUT2D eigenvalue weighted by Crippen LogP contribution is -2.44. The second-order valence-electron chi connectivity index (χ2n) is 5.98. The largest absolute Gasteiger partial charge is 0.491 e. The zero-order valence-corrected chi connectivity index (χ0v) is 15.5. The molecule has 0 saturated heterocycles. The Hall–Kier alpha value is -2.20. The lowest BCUT2D eigenvalue weighted by atomic mass is 10.2. The number of nitrogens with one attached hydrogen (secondary N) is 1. The zero-order valence-electron chi connectivity index (χ0n) is 14.8. The number of hydrogen-bond donors (Lipinski definition) is 1. The van der Waals surface area contributed by atoms with Crippen LogP contribution < -0.4 is 14.8 Å². The topological polar surface area (TPSA) is 47.6 Å². The standard InChI is InChI=1S/C20H24ClNO3/c1-4-18(25-19-8-6-5-7-17(19)21)20(23)22-15(3)13-24-16-11-9-14(2)10-12-16/h5-12,15,18H,4,13H2,1-3H3,(H,22,23)/t15-,18-/m1/s1. The van der Waals surface area contributed by atoms with Gasteiger partial charge in [0.25, 0.3) is 5.91 Å². The molecule has 134 valence electrons. The molecule has 0 aliphatic rings. The Morgan fingerprint density at radius 2 is 1.84 bits per heavy atom. The van der Waals surface area contributed by atoms with Crippen LogP contribution in [0.5, 0.6) is 11.5 Å². The molecule has 0 aliphatic carbocycles. The van der Waals surface area contributed by atoms with Crippen LogP contribution in [0.15, 0.2) is 48.5 Å². The van der Waals surface area contributed by atoms with Crippen LogP contribution in [0.4, 0.5) is 0 Å². The van der Waals surface area contributed by atoms with Crippen LogP contribution in [0.25, 0.3) is 0 Å². The van der Waals surface area contributed by atoms with Gasteiger partial charge in [0.1, 0.15) is 18.1 Å². The molecule has 2 aromatic carbocycles. The van der Waals surface area contributed by atoms with Gasteiger partial charge in [-0.1, -0.05) is 48.4 Å². The first kappa shape index (κ1) is 19.1. The first-order valence-electron chi connectivity index (χ1n) is 8.40. The van der Waals surface area contributed by atoms with Crippen molar-refractivity contribution in [2.75, 3.05) is 6.61 Å². The molecule has 2 aromatic rings.